The molecule has 1 aromatic carbocycles. The monoisotopic (exact) mass is 433 g/mol. The van der Waals surface area contributed by atoms with E-state index in [1.807, 2.05) is 6.92 Å². The average Bonchev–Trinajstić information content (AvgIpc) is 2.73. The van der Waals surface area contributed by atoms with Crippen LogP contribution in [-0.4, -0.2) is 24.5 Å². The molecule has 0 spiro atoms. The summed E-state index contributed by atoms with van der Waals surface area (Å²) in [6, 6.07) is 6.25. The van der Waals surface area contributed by atoms with Crippen LogP contribution in [0.25, 0.3) is 0 Å². The number of hydrazone groups is 1. The van der Waals surface area contributed by atoms with E-state index < -0.39 is 23.8 Å². The number of benzene rings is 1. The second kappa shape index (κ2) is 10.2. The third-order valence-electron chi connectivity index (χ3n) is 4.90. The number of nitrogens with zero attached hydrogens (tertiary/aromatic N) is 2. The van der Waals surface area contributed by atoms with Crippen LogP contribution < -0.4 is 5.43 Å². The van der Waals surface area contributed by atoms with E-state index in [-0.39, 0.29) is 18.7 Å². The molecule has 0 saturated heterocycles. The molecule has 1 unspecified atom stereocenters. The van der Waals surface area contributed by atoms with Crippen LogP contribution >= 0.6 is 0 Å². The van der Waals surface area contributed by atoms with Crippen LogP contribution in [0.4, 0.5) is 13.2 Å². The molecule has 5 nitrogen and oxygen atoms in total. The molecular weight excluding hydrogens is 407 g/mol. The van der Waals surface area contributed by atoms with Crippen molar-refractivity contribution in [3.8, 4) is 0 Å². The summed E-state index contributed by atoms with van der Waals surface area (Å²) in [6.45, 7) is 12.9. The molecule has 0 amide bonds. The summed E-state index contributed by atoms with van der Waals surface area (Å²) in [5.74, 6) is -0.667. The van der Waals surface area contributed by atoms with Crippen molar-refractivity contribution in [1.29, 1.82) is 0 Å². The highest BCUT2D eigenvalue weighted by molar-refractivity contribution is 5.96. The van der Waals surface area contributed by atoms with Crippen molar-refractivity contribution in [3.05, 3.63) is 88.2 Å². The van der Waals surface area contributed by atoms with Gasteiger partial charge in [-0.05, 0) is 55.2 Å². The van der Waals surface area contributed by atoms with Crippen LogP contribution in [-0.2, 0) is 4.74 Å². The normalized spacial score (nSPS) is 20.2. The van der Waals surface area contributed by atoms with Crippen LogP contribution in [0.3, 0.4) is 0 Å². The lowest BCUT2D eigenvalue weighted by molar-refractivity contribution is -0.0628. The highest BCUT2D eigenvalue weighted by atomic mass is 19.4. The molecule has 0 bridgehead atoms. The van der Waals surface area contributed by atoms with Crippen LogP contribution in [0.5, 0.6) is 0 Å². The second-order valence-corrected chi connectivity index (χ2v) is 7.53. The van der Waals surface area contributed by atoms with E-state index in [0.29, 0.717) is 16.9 Å². The fourth-order valence-corrected chi connectivity index (χ4v) is 3.14. The molecule has 31 heavy (non-hydrogen) atoms. The van der Waals surface area contributed by atoms with Gasteiger partial charge in [0.2, 0.25) is 0 Å². The van der Waals surface area contributed by atoms with E-state index in [9.17, 15) is 18.1 Å². The van der Waals surface area contributed by atoms with Crippen LogP contribution in [0.2, 0.25) is 0 Å². The maximum Gasteiger partial charge on any atom is 0.431 e. The quantitative estimate of drug-likeness (QED) is 0.235. The van der Waals surface area contributed by atoms with Crippen LogP contribution in [0.15, 0.2) is 82.5 Å². The number of rotatable bonds is 8. The van der Waals surface area contributed by atoms with Crippen molar-refractivity contribution in [2.24, 2.45) is 10.3 Å². The summed E-state index contributed by atoms with van der Waals surface area (Å²) in [5.41, 5.74) is 4.38. The number of alkyl halides is 3. The topological polar surface area (TPSA) is 63.0 Å². The van der Waals surface area contributed by atoms with Gasteiger partial charge < -0.3 is 10.2 Å². The zero-order valence-electron chi connectivity index (χ0n) is 17.8. The molecule has 0 saturated carbocycles. The molecule has 0 radical (unpaired) electrons. The van der Waals surface area contributed by atoms with Gasteiger partial charge in [0.25, 0.3) is 0 Å². The zero-order chi connectivity index (χ0) is 23.2. The predicted molar refractivity (Wildman–Crippen MR) is 116 cm³/mol. The van der Waals surface area contributed by atoms with Gasteiger partial charge in [0, 0.05) is 12.0 Å². The Balaban J connectivity index is 2.41. The first-order valence-corrected chi connectivity index (χ1v) is 9.69. The smallest absolute Gasteiger partial charge is 0.431 e. The summed E-state index contributed by atoms with van der Waals surface area (Å²) in [7, 11) is 0. The van der Waals surface area contributed by atoms with Gasteiger partial charge in [0.1, 0.15) is 23.8 Å². The third kappa shape index (κ3) is 6.41. The van der Waals surface area contributed by atoms with E-state index in [1.54, 1.807) is 38.1 Å². The highest BCUT2D eigenvalue weighted by Crippen LogP contribution is 2.36. The van der Waals surface area contributed by atoms with Gasteiger partial charge >= 0.3 is 6.18 Å². The van der Waals surface area contributed by atoms with E-state index in [4.69, 9.17) is 4.74 Å². The lowest BCUT2D eigenvalue weighted by Gasteiger charge is -2.31. The van der Waals surface area contributed by atoms with Crippen molar-refractivity contribution < 1.29 is 17.9 Å². The number of hydrogen-bond donors (Lipinski definition) is 1. The van der Waals surface area contributed by atoms with Gasteiger partial charge in [-0.15, -0.1) is 4.91 Å². The van der Waals surface area contributed by atoms with Crippen molar-refractivity contribution in [3.63, 3.8) is 0 Å². The van der Waals surface area contributed by atoms with E-state index in [0.717, 1.165) is 11.1 Å². The van der Waals surface area contributed by atoms with Gasteiger partial charge in [0.15, 0.2) is 0 Å². The van der Waals surface area contributed by atoms with Gasteiger partial charge in [-0.2, -0.15) is 18.3 Å². The molecule has 1 aliphatic heterocycles. The first-order valence-electron chi connectivity index (χ1n) is 9.69. The molecule has 2 rings (SSSR count). The van der Waals surface area contributed by atoms with Crippen LogP contribution in [0.1, 0.15) is 37.3 Å². The van der Waals surface area contributed by atoms with Crippen molar-refractivity contribution in [2.75, 3.05) is 6.61 Å². The average molecular weight is 433 g/mol. The molecule has 0 aromatic heterocycles. The molecule has 0 fully saturated rings. The number of hydrogen-bond acceptors (Lipinski definition) is 5. The molecule has 1 N–H and O–H groups in total. The lowest BCUT2D eigenvalue weighted by atomic mass is 9.84. The Hall–Kier alpha value is -3.16. The molecule has 2 atom stereocenters. The van der Waals surface area contributed by atoms with Gasteiger partial charge in [-0.3, -0.25) is 0 Å². The lowest BCUT2D eigenvalue weighted by Crippen LogP contribution is -2.42. The summed E-state index contributed by atoms with van der Waals surface area (Å²) < 4.78 is 46.2. The fourth-order valence-electron chi connectivity index (χ4n) is 3.14. The number of halogens is 3. The molecule has 1 aromatic rings. The Kier molecular flexibility index (Phi) is 7.96. The summed E-state index contributed by atoms with van der Waals surface area (Å²) in [4.78, 5) is 11.5. The van der Waals surface area contributed by atoms with Gasteiger partial charge in [0.05, 0.1) is 6.04 Å². The number of aryl methyl sites for hydroxylation is 1. The SMILES string of the molecule is C=C/C(=C\C(N=O)=C(/C)[C@@H]1CC(c2ccc(C)cc2)C(C(F)(F)F)=NN1)OCC(=C)C. The minimum atomic E-state index is -4.58. The second-order valence-electron chi connectivity index (χ2n) is 7.53. The first-order chi connectivity index (χ1) is 14.6. The van der Waals surface area contributed by atoms with Crippen molar-refractivity contribution >= 4 is 5.71 Å². The van der Waals surface area contributed by atoms with E-state index >= 15 is 0 Å². The Labute approximate surface area is 180 Å². The summed E-state index contributed by atoms with van der Waals surface area (Å²) in [6.07, 6.45) is -1.69. The number of ether oxygens (including phenoxy) is 1. The van der Waals surface area contributed by atoms with E-state index in [2.05, 4.69) is 28.9 Å². The fraction of sp³-hybridized carbons (Fsp3) is 0.348. The first kappa shape index (κ1) is 24.1. The maximum atomic E-state index is 13.6. The molecule has 1 aliphatic rings. The standard InChI is InChI=1S/C23H26F3N3O2/c1-6-18(31-13-14(2)3)11-21(29-30)16(5)20-12-19(17-9-7-15(4)8-10-17)22(28-27-20)23(24,25)26/h6-11,19-20,27H,1-2,12-13H2,3-5H3/b18-11+,21-16-/t19?,20-/m0/s1. The molecule has 0 aliphatic carbocycles. The minimum Gasteiger partial charge on any atom is -0.489 e. The summed E-state index contributed by atoms with van der Waals surface area (Å²) >= 11 is 0. The molecule has 1 heterocycles. The maximum absolute atomic E-state index is 13.6. The molecule has 166 valence electrons. The Morgan fingerprint density at radius 3 is 2.48 bits per heavy atom. The largest absolute Gasteiger partial charge is 0.489 e. The van der Waals surface area contributed by atoms with Crippen molar-refractivity contribution in [1.82, 2.24) is 5.43 Å². The number of nitroso groups, excluding NO2 is 1. The molecule has 8 heteroatoms. The van der Waals surface area contributed by atoms with Crippen LogP contribution in [0, 0.1) is 11.8 Å². The van der Waals surface area contributed by atoms with Gasteiger partial charge in [-0.1, -0.05) is 43.0 Å². The number of allylic oxidation sites excluding steroid dienone is 2. The van der Waals surface area contributed by atoms with E-state index in [1.165, 1.54) is 12.2 Å². The Bertz CT molecular complexity index is 928. The zero-order valence-corrected chi connectivity index (χ0v) is 17.8. The number of nitrogens with one attached hydrogen (secondary N) is 1. The molecular formula is C23H26F3N3O2. The minimum absolute atomic E-state index is 0.0439. The van der Waals surface area contributed by atoms with Crippen molar-refractivity contribution in [2.45, 2.75) is 45.3 Å². The predicted octanol–water partition coefficient (Wildman–Crippen LogP) is 6.06. The Morgan fingerprint density at radius 2 is 1.97 bits per heavy atom. The third-order valence-corrected chi connectivity index (χ3v) is 4.90. The summed E-state index contributed by atoms with van der Waals surface area (Å²) in [5, 5.41) is 6.69. The highest BCUT2D eigenvalue weighted by Gasteiger charge is 2.44. The Morgan fingerprint density at radius 1 is 1.32 bits per heavy atom. The van der Waals surface area contributed by atoms with Gasteiger partial charge in [-0.25, -0.2) is 0 Å².